The van der Waals surface area contributed by atoms with Crippen molar-refractivity contribution in [3.05, 3.63) is 22.2 Å². The molecule has 1 aromatic heterocycles. The molecule has 0 saturated carbocycles. The first kappa shape index (κ1) is 12.2. The first-order valence-electron chi connectivity index (χ1n) is 4.71. The van der Waals surface area contributed by atoms with E-state index in [-0.39, 0.29) is 24.2 Å². The third-order valence-electron chi connectivity index (χ3n) is 2.31. The minimum Gasteiger partial charge on any atom is -0.394 e. The molecule has 0 spiro atoms. The number of aliphatic hydroxyl groups excluding tert-OH is 1. The summed E-state index contributed by atoms with van der Waals surface area (Å²) >= 11 is 0. The van der Waals surface area contributed by atoms with Crippen molar-refractivity contribution in [3.63, 3.8) is 0 Å². The fourth-order valence-electron chi connectivity index (χ4n) is 1.16. The van der Waals surface area contributed by atoms with Crippen molar-refractivity contribution >= 4 is 17.3 Å². The second-order valence-corrected chi connectivity index (χ2v) is 3.51. The third-order valence-corrected chi connectivity index (χ3v) is 2.31. The lowest BCUT2D eigenvalue weighted by Gasteiger charge is -2.24. The SMILES string of the molecule is CC(CO)N(C)c1cc([N+](=O)[O-])cc(N)n1. The standard InChI is InChI=1S/C9H14N4O3/c1-6(5-14)12(2)9-4-7(13(15)16)3-8(10)11-9/h3-4,6,14H,5H2,1-2H3,(H2,10,11). The van der Waals surface area contributed by atoms with E-state index in [2.05, 4.69) is 4.98 Å². The molecule has 16 heavy (non-hydrogen) atoms. The zero-order chi connectivity index (χ0) is 12.3. The van der Waals surface area contributed by atoms with Crippen molar-refractivity contribution in [2.75, 3.05) is 24.3 Å². The number of nitrogen functional groups attached to an aromatic ring is 1. The van der Waals surface area contributed by atoms with Gasteiger partial charge in [0.15, 0.2) is 0 Å². The normalized spacial score (nSPS) is 12.2. The van der Waals surface area contributed by atoms with Gasteiger partial charge in [0.2, 0.25) is 0 Å². The predicted molar refractivity (Wildman–Crippen MR) is 60.3 cm³/mol. The van der Waals surface area contributed by atoms with Crippen LogP contribution in [0.4, 0.5) is 17.3 Å². The number of hydrogen-bond acceptors (Lipinski definition) is 6. The molecule has 0 aliphatic heterocycles. The van der Waals surface area contributed by atoms with Gasteiger partial charge in [0, 0.05) is 7.05 Å². The largest absolute Gasteiger partial charge is 0.394 e. The molecule has 0 aromatic carbocycles. The molecule has 1 atom stereocenters. The Labute approximate surface area is 92.7 Å². The Bertz CT molecular complexity index is 396. The highest BCUT2D eigenvalue weighted by Crippen LogP contribution is 2.22. The Morgan fingerprint density at radius 2 is 2.31 bits per heavy atom. The molecular weight excluding hydrogens is 212 g/mol. The van der Waals surface area contributed by atoms with E-state index >= 15 is 0 Å². The second kappa shape index (κ2) is 4.75. The number of hydrogen-bond donors (Lipinski definition) is 2. The number of nitro groups is 1. The van der Waals surface area contributed by atoms with Crippen molar-refractivity contribution in [3.8, 4) is 0 Å². The highest BCUT2D eigenvalue weighted by molar-refractivity contribution is 5.54. The van der Waals surface area contributed by atoms with Gasteiger partial charge in [-0.25, -0.2) is 4.98 Å². The molecule has 7 nitrogen and oxygen atoms in total. The number of aliphatic hydroxyl groups is 1. The topological polar surface area (TPSA) is 106 Å². The van der Waals surface area contributed by atoms with Crippen molar-refractivity contribution in [2.45, 2.75) is 13.0 Å². The van der Waals surface area contributed by atoms with E-state index < -0.39 is 4.92 Å². The summed E-state index contributed by atoms with van der Waals surface area (Å²) < 4.78 is 0. The lowest BCUT2D eigenvalue weighted by molar-refractivity contribution is -0.384. The van der Waals surface area contributed by atoms with Gasteiger partial charge in [-0.05, 0) is 6.92 Å². The van der Waals surface area contributed by atoms with E-state index in [9.17, 15) is 10.1 Å². The third kappa shape index (κ3) is 2.57. The zero-order valence-electron chi connectivity index (χ0n) is 9.12. The number of likely N-dealkylation sites (N-methyl/N-ethyl adjacent to an activating group) is 1. The van der Waals surface area contributed by atoms with E-state index in [1.54, 1.807) is 18.9 Å². The van der Waals surface area contributed by atoms with Gasteiger partial charge in [-0.3, -0.25) is 10.1 Å². The summed E-state index contributed by atoms with van der Waals surface area (Å²) in [5, 5.41) is 19.6. The van der Waals surface area contributed by atoms with Crippen LogP contribution in [-0.4, -0.2) is 34.7 Å². The van der Waals surface area contributed by atoms with Crippen molar-refractivity contribution in [1.82, 2.24) is 4.98 Å². The Balaban J connectivity index is 3.09. The first-order chi connectivity index (χ1) is 7.45. The molecule has 0 aliphatic carbocycles. The minimum absolute atomic E-state index is 0.0687. The molecule has 7 heteroatoms. The lowest BCUT2D eigenvalue weighted by Crippen LogP contribution is -2.32. The summed E-state index contributed by atoms with van der Waals surface area (Å²) in [6, 6.07) is 2.33. The Morgan fingerprint density at radius 1 is 1.69 bits per heavy atom. The molecule has 0 amide bonds. The van der Waals surface area contributed by atoms with Gasteiger partial charge in [0.1, 0.15) is 11.6 Å². The van der Waals surface area contributed by atoms with Gasteiger partial charge < -0.3 is 15.7 Å². The number of nitrogens with two attached hydrogens (primary N) is 1. The highest BCUT2D eigenvalue weighted by atomic mass is 16.6. The maximum Gasteiger partial charge on any atom is 0.276 e. The van der Waals surface area contributed by atoms with Crippen LogP contribution in [0.1, 0.15) is 6.92 Å². The molecule has 0 saturated heterocycles. The average Bonchev–Trinajstić information content (AvgIpc) is 2.26. The van der Waals surface area contributed by atoms with Gasteiger partial charge >= 0.3 is 0 Å². The maximum atomic E-state index is 10.6. The molecule has 3 N–H and O–H groups in total. The maximum absolute atomic E-state index is 10.6. The van der Waals surface area contributed by atoms with Crippen LogP contribution in [0.15, 0.2) is 12.1 Å². The first-order valence-corrected chi connectivity index (χ1v) is 4.71. The fraction of sp³-hybridized carbons (Fsp3) is 0.444. The monoisotopic (exact) mass is 226 g/mol. The van der Waals surface area contributed by atoms with E-state index in [0.717, 1.165) is 0 Å². The summed E-state index contributed by atoms with van der Waals surface area (Å²) in [7, 11) is 1.69. The van der Waals surface area contributed by atoms with Crippen LogP contribution in [0.5, 0.6) is 0 Å². The quantitative estimate of drug-likeness (QED) is 0.568. The Hall–Kier alpha value is -1.89. The van der Waals surface area contributed by atoms with Gasteiger partial charge in [-0.15, -0.1) is 0 Å². The van der Waals surface area contributed by atoms with Crippen LogP contribution < -0.4 is 10.6 Å². The lowest BCUT2D eigenvalue weighted by atomic mass is 10.3. The van der Waals surface area contributed by atoms with Crippen LogP contribution in [0, 0.1) is 10.1 Å². The van der Waals surface area contributed by atoms with Crippen LogP contribution >= 0.6 is 0 Å². The van der Waals surface area contributed by atoms with E-state index in [1.807, 2.05) is 0 Å². The van der Waals surface area contributed by atoms with Crippen LogP contribution in [-0.2, 0) is 0 Å². The molecule has 0 radical (unpaired) electrons. The molecule has 1 heterocycles. The highest BCUT2D eigenvalue weighted by Gasteiger charge is 2.15. The van der Waals surface area contributed by atoms with E-state index in [1.165, 1.54) is 12.1 Å². The van der Waals surface area contributed by atoms with Gasteiger partial charge in [0.05, 0.1) is 29.7 Å². The van der Waals surface area contributed by atoms with Gasteiger partial charge in [-0.1, -0.05) is 0 Å². The van der Waals surface area contributed by atoms with Crippen molar-refractivity contribution in [1.29, 1.82) is 0 Å². The van der Waals surface area contributed by atoms with Crippen molar-refractivity contribution < 1.29 is 10.0 Å². The molecule has 1 rings (SSSR count). The van der Waals surface area contributed by atoms with E-state index in [0.29, 0.717) is 5.82 Å². The fourth-order valence-corrected chi connectivity index (χ4v) is 1.16. The summed E-state index contributed by atoms with van der Waals surface area (Å²) in [6.07, 6.45) is 0. The number of aromatic nitrogens is 1. The Kier molecular flexibility index (Phi) is 3.62. The molecular formula is C9H14N4O3. The van der Waals surface area contributed by atoms with Gasteiger partial charge in [-0.2, -0.15) is 0 Å². The number of pyridine rings is 1. The van der Waals surface area contributed by atoms with Crippen LogP contribution in [0.3, 0.4) is 0 Å². The number of nitrogens with zero attached hydrogens (tertiary/aromatic N) is 3. The summed E-state index contributed by atoms with van der Waals surface area (Å²) in [5.74, 6) is 0.453. The van der Waals surface area contributed by atoms with E-state index in [4.69, 9.17) is 10.8 Å². The van der Waals surface area contributed by atoms with Crippen LogP contribution in [0.2, 0.25) is 0 Å². The van der Waals surface area contributed by atoms with Crippen LogP contribution in [0.25, 0.3) is 0 Å². The zero-order valence-corrected chi connectivity index (χ0v) is 9.12. The summed E-state index contributed by atoms with van der Waals surface area (Å²) in [4.78, 5) is 15.7. The van der Waals surface area contributed by atoms with Gasteiger partial charge in [0.25, 0.3) is 5.69 Å². The molecule has 1 unspecified atom stereocenters. The number of rotatable bonds is 4. The predicted octanol–water partition coefficient (Wildman–Crippen LogP) is 0.389. The smallest absolute Gasteiger partial charge is 0.276 e. The molecule has 0 aliphatic rings. The summed E-state index contributed by atoms with van der Waals surface area (Å²) in [6.45, 7) is 1.71. The van der Waals surface area contributed by atoms with Crippen molar-refractivity contribution in [2.24, 2.45) is 0 Å². The minimum atomic E-state index is -0.529. The second-order valence-electron chi connectivity index (χ2n) is 3.51. The molecule has 0 fully saturated rings. The Morgan fingerprint density at radius 3 is 2.81 bits per heavy atom. The molecule has 0 bridgehead atoms. The molecule has 1 aromatic rings. The summed E-state index contributed by atoms with van der Waals surface area (Å²) in [5.41, 5.74) is 5.36. The average molecular weight is 226 g/mol. The number of anilines is 2. The molecule has 88 valence electrons.